The van der Waals surface area contributed by atoms with Gasteiger partial charge in [0.15, 0.2) is 0 Å². The van der Waals surface area contributed by atoms with Crippen molar-refractivity contribution in [2.45, 2.75) is 32.1 Å². The van der Waals surface area contributed by atoms with E-state index in [1.54, 1.807) is 24.3 Å². The number of hydrogen-bond donors (Lipinski definition) is 2. The number of nitrogens with one attached hydrogen (secondary N) is 2. The third-order valence-electron chi connectivity index (χ3n) is 4.21. The minimum absolute atomic E-state index is 0.0596. The SMILES string of the molecule is Cc1ccc(C(=O)NC[C@@H]2C[C@H](F)CN2Cc2cccs2)c(=O)[nH]1. The van der Waals surface area contributed by atoms with E-state index in [0.29, 0.717) is 31.7 Å². The maximum atomic E-state index is 13.8. The van der Waals surface area contributed by atoms with Gasteiger partial charge in [-0.3, -0.25) is 14.5 Å². The smallest absolute Gasteiger partial charge is 0.260 e. The van der Waals surface area contributed by atoms with Crippen molar-refractivity contribution in [2.24, 2.45) is 0 Å². The van der Waals surface area contributed by atoms with Crippen molar-refractivity contribution >= 4 is 17.2 Å². The van der Waals surface area contributed by atoms with Crippen molar-refractivity contribution in [3.05, 3.63) is 56.1 Å². The number of halogens is 1. The molecule has 3 rings (SSSR count). The molecule has 1 saturated heterocycles. The number of aromatic amines is 1. The van der Waals surface area contributed by atoms with E-state index >= 15 is 0 Å². The molecule has 0 saturated carbocycles. The van der Waals surface area contributed by atoms with Crippen LogP contribution in [-0.2, 0) is 6.54 Å². The average molecular weight is 349 g/mol. The van der Waals surface area contributed by atoms with Gasteiger partial charge < -0.3 is 10.3 Å². The van der Waals surface area contributed by atoms with Crippen molar-refractivity contribution in [2.75, 3.05) is 13.1 Å². The van der Waals surface area contributed by atoms with E-state index in [2.05, 4.69) is 15.2 Å². The molecule has 1 aliphatic rings. The van der Waals surface area contributed by atoms with E-state index in [4.69, 9.17) is 0 Å². The third kappa shape index (κ3) is 3.91. The highest BCUT2D eigenvalue weighted by Gasteiger charge is 2.32. The molecule has 0 radical (unpaired) electrons. The number of hydrogen-bond acceptors (Lipinski definition) is 4. The molecule has 0 spiro atoms. The van der Waals surface area contributed by atoms with Crippen LogP contribution in [0.4, 0.5) is 4.39 Å². The van der Waals surface area contributed by atoms with Gasteiger partial charge in [-0.1, -0.05) is 6.07 Å². The van der Waals surface area contributed by atoms with Crippen LogP contribution in [0.5, 0.6) is 0 Å². The number of nitrogens with zero attached hydrogens (tertiary/aromatic N) is 1. The van der Waals surface area contributed by atoms with Crippen LogP contribution in [-0.4, -0.2) is 41.1 Å². The summed E-state index contributed by atoms with van der Waals surface area (Å²) in [7, 11) is 0. The second-order valence-electron chi connectivity index (χ2n) is 6.09. The largest absolute Gasteiger partial charge is 0.350 e. The lowest BCUT2D eigenvalue weighted by molar-refractivity contribution is 0.0938. The lowest BCUT2D eigenvalue weighted by Gasteiger charge is -2.23. The lowest BCUT2D eigenvalue weighted by Crippen LogP contribution is -2.41. The van der Waals surface area contributed by atoms with Crippen LogP contribution in [0, 0.1) is 6.92 Å². The quantitative estimate of drug-likeness (QED) is 0.869. The Morgan fingerprint density at radius 1 is 1.46 bits per heavy atom. The summed E-state index contributed by atoms with van der Waals surface area (Å²) in [5.41, 5.74) is 0.382. The maximum Gasteiger partial charge on any atom is 0.260 e. The number of likely N-dealkylation sites (tertiary alicyclic amines) is 1. The molecule has 0 aliphatic carbocycles. The minimum Gasteiger partial charge on any atom is -0.350 e. The van der Waals surface area contributed by atoms with E-state index in [9.17, 15) is 14.0 Å². The van der Waals surface area contributed by atoms with Crippen molar-refractivity contribution in [1.82, 2.24) is 15.2 Å². The van der Waals surface area contributed by atoms with Crippen molar-refractivity contribution in [3.63, 3.8) is 0 Å². The van der Waals surface area contributed by atoms with Gasteiger partial charge in [-0.15, -0.1) is 11.3 Å². The van der Waals surface area contributed by atoms with Crippen LogP contribution in [0.2, 0.25) is 0 Å². The summed E-state index contributed by atoms with van der Waals surface area (Å²) in [6.07, 6.45) is -0.481. The number of aromatic nitrogens is 1. The summed E-state index contributed by atoms with van der Waals surface area (Å²) in [4.78, 5) is 29.9. The van der Waals surface area contributed by atoms with Gasteiger partial charge in [0.2, 0.25) is 0 Å². The highest BCUT2D eigenvalue weighted by Crippen LogP contribution is 2.23. The van der Waals surface area contributed by atoms with E-state index in [1.165, 1.54) is 10.9 Å². The number of H-pyrrole nitrogens is 1. The Morgan fingerprint density at radius 2 is 2.29 bits per heavy atom. The third-order valence-corrected chi connectivity index (χ3v) is 5.08. The molecule has 2 atom stereocenters. The topological polar surface area (TPSA) is 65.2 Å². The number of carbonyl (C=O) groups is 1. The van der Waals surface area contributed by atoms with Crippen molar-refractivity contribution < 1.29 is 9.18 Å². The summed E-state index contributed by atoms with van der Waals surface area (Å²) in [5, 5.41) is 4.77. The molecule has 0 unspecified atom stereocenters. The van der Waals surface area contributed by atoms with Gasteiger partial charge in [-0.2, -0.15) is 0 Å². The Kier molecular flexibility index (Phi) is 5.11. The number of pyridine rings is 1. The molecule has 3 heterocycles. The van der Waals surface area contributed by atoms with Gasteiger partial charge in [0, 0.05) is 36.2 Å². The minimum atomic E-state index is -0.880. The first-order valence-corrected chi connectivity index (χ1v) is 8.79. The van der Waals surface area contributed by atoms with E-state index < -0.39 is 17.6 Å². The standard InChI is InChI=1S/C17H20FN3O2S/c1-11-4-5-15(17(23)20-11)16(22)19-8-13-7-12(18)9-21(13)10-14-3-2-6-24-14/h2-6,12-13H,7-10H2,1H3,(H,19,22)(H,20,23)/t12-,13-/m0/s1. The highest BCUT2D eigenvalue weighted by molar-refractivity contribution is 7.09. The van der Waals surface area contributed by atoms with Crippen LogP contribution in [0.15, 0.2) is 34.4 Å². The zero-order valence-corrected chi connectivity index (χ0v) is 14.2. The predicted molar refractivity (Wildman–Crippen MR) is 92.2 cm³/mol. The van der Waals surface area contributed by atoms with Crippen LogP contribution in [0.3, 0.4) is 0 Å². The number of alkyl halides is 1. The molecule has 128 valence electrons. The fraction of sp³-hybridized carbons (Fsp3) is 0.412. The van der Waals surface area contributed by atoms with Gasteiger partial charge in [0.1, 0.15) is 11.7 Å². The first-order valence-electron chi connectivity index (χ1n) is 7.91. The molecule has 1 aliphatic heterocycles. The Hall–Kier alpha value is -1.99. The average Bonchev–Trinajstić information content (AvgIpc) is 3.15. The normalized spacial score (nSPS) is 21.1. The molecule has 2 aromatic rings. The molecule has 2 aromatic heterocycles. The fourth-order valence-corrected chi connectivity index (χ4v) is 3.72. The summed E-state index contributed by atoms with van der Waals surface area (Å²) in [6, 6.07) is 7.14. The van der Waals surface area contributed by atoms with Crippen LogP contribution < -0.4 is 10.9 Å². The highest BCUT2D eigenvalue weighted by atomic mass is 32.1. The van der Waals surface area contributed by atoms with Gasteiger partial charge >= 0.3 is 0 Å². The number of carbonyl (C=O) groups excluding carboxylic acids is 1. The molecule has 0 bridgehead atoms. The fourth-order valence-electron chi connectivity index (χ4n) is 2.99. The number of aryl methyl sites for hydroxylation is 1. The van der Waals surface area contributed by atoms with Gasteiger partial charge in [-0.05, 0) is 36.9 Å². The molecular weight excluding hydrogens is 329 g/mol. The summed E-state index contributed by atoms with van der Waals surface area (Å²) < 4.78 is 13.8. The lowest BCUT2D eigenvalue weighted by atomic mass is 10.2. The Labute approximate surface area is 143 Å². The Bertz CT molecular complexity index is 759. The Morgan fingerprint density at radius 3 is 3.00 bits per heavy atom. The number of thiophene rings is 1. The molecule has 1 fully saturated rings. The number of rotatable bonds is 5. The zero-order chi connectivity index (χ0) is 17.1. The van der Waals surface area contributed by atoms with Crippen LogP contribution >= 0.6 is 11.3 Å². The van der Waals surface area contributed by atoms with Crippen molar-refractivity contribution in [1.29, 1.82) is 0 Å². The molecule has 7 heteroatoms. The molecular formula is C17H20FN3O2S. The zero-order valence-electron chi connectivity index (χ0n) is 13.4. The Balaban J connectivity index is 1.61. The van der Waals surface area contributed by atoms with E-state index in [1.807, 2.05) is 17.5 Å². The number of amides is 1. The maximum absolute atomic E-state index is 13.8. The van der Waals surface area contributed by atoms with Crippen LogP contribution in [0.25, 0.3) is 0 Å². The van der Waals surface area contributed by atoms with Gasteiger partial charge in [0.05, 0.1) is 0 Å². The van der Waals surface area contributed by atoms with Gasteiger partial charge in [0.25, 0.3) is 11.5 Å². The second kappa shape index (κ2) is 7.27. The van der Waals surface area contributed by atoms with Crippen LogP contribution in [0.1, 0.15) is 27.3 Å². The van der Waals surface area contributed by atoms with E-state index in [0.717, 1.165) is 0 Å². The summed E-state index contributed by atoms with van der Waals surface area (Å²) in [6.45, 7) is 3.15. The summed E-state index contributed by atoms with van der Waals surface area (Å²) >= 11 is 1.64. The summed E-state index contributed by atoms with van der Waals surface area (Å²) in [5.74, 6) is -0.422. The molecule has 0 aromatic carbocycles. The molecule has 1 amide bonds. The molecule has 2 N–H and O–H groups in total. The van der Waals surface area contributed by atoms with Gasteiger partial charge in [-0.25, -0.2) is 4.39 Å². The second-order valence-corrected chi connectivity index (χ2v) is 7.12. The predicted octanol–water partition coefficient (Wildman–Crippen LogP) is 2.09. The molecule has 24 heavy (non-hydrogen) atoms. The van der Waals surface area contributed by atoms with E-state index in [-0.39, 0.29) is 11.6 Å². The van der Waals surface area contributed by atoms with Crippen molar-refractivity contribution in [3.8, 4) is 0 Å². The first-order chi connectivity index (χ1) is 11.5. The first kappa shape index (κ1) is 16.9. The monoisotopic (exact) mass is 349 g/mol. The molecule has 5 nitrogen and oxygen atoms in total.